The molecule has 0 saturated heterocycles. The van der Waals surface area contributed by atoms with Crippen molar-refractivity contribution in [1.29, 1.82) is 5.41 Å². The summed E-state index contributed by atoms with van der Waals surface area (Å²) >= 11 is 0. The van der Waals surface area contributed by atoms with E-state index < -0.39 is 19.8 Å². The molecule has 0 aliphatic heterocycles. The fraction of sp³-hybridized carbons (Fsp3) is 0.667. The normalized spacial score (nSPS) is 12.2. The van der Waals surface area contributed by atoms with Gasteiger partial charge in [0.2, 0.25) is 0 Å². The number of carbonyl (C=O) groups excluding carboxylic acids is 1. The second-order valence-electron chi connectivity index (χ2n) is 2.99. The topological polar surface area (TPSA) is 203 Å². The molecule has 0 fully saturated rings. The van der Waals surface area contributed by atoms with Gasteiger partial charge in [-0.05, 0) is 12.8 Å². The first-order chi connectivity index (χ1) is 7.22. The SMILES string of the molecule is N=C(N)NCCC[C@H](N)C(=O)OP(=O)(O)O.O. The number of guanidine groups is 1. The van der Waals surface area contributed by atoms with E-state index in [-0.39, 0.29) is 17.9 Å². The first-order valence-electron chi connectivity index (χ1n) is 4.35. The quantitative estimate of drug-likeness (QED) is 0.130. The molecule has 0 aromatic rings. The average Bonchev–Trinajstić information content (AvgIpc) is 2.08. The van der Waals surface area contributed by atoms with Crippen molar-refractivity contribution in [2.75, 3.05) is 6.54 Å². The molecular formula is C6H17N4O6P. The summed E-state index contributed by atoms with van der Waals surface area (Å²) in [4.78, 5) is 27.6. The Morgan fingerprint density at radius 1 is 1.53 bits per heavy atom. The monoisotopic (exact) mass is 272 g/mol. The van der Waals surface area contributed by atoms with Crippen molar-refractivity contribution in [2.45, 2.75) is 18.9 Å². The molecule has 0 saturated carbocycles. The minimum absolute atomic E-state index is 0. The molecule has 10 N–H and O–H groups in total. The fourth-order valence-corrected chi connectivity index (χ4v) is 1.22. The van der Waals surface area contributed by atoms with E-state index in [1.165, 1.54) is 0 Å². The van der Waals surface area contributed by atoms with E-state index in [1.807, 2.05) is 0 Å². The van der Waals surface area contributed by atoms with Crippen LogP contribution in [0.4, 0.5) is 0 Å². The van der Waals surface area contributed by atoms with Gasteiger partial charge in [-0.1, -0.05) is 0 Å². The van der Waals surface area contributed by atoms with Gasteiger partial charge in [0.15, 0.2) is 5.96 Å². The van der Waals surface area contributed by atoms with Crippen LogP contribution in [0.2, 0.25) is 0 Å². The summed E-state index contributed by atoms with van der Waals surface area (Å²) in [5.41, 5.74) is 10.3. The predicted octanol–water partition coefficient (Wildman–Crippen LogP) is -2.61. The van der Waals surface area contributed by atoms with Crippen LogP contribution in [-0.2, 0) is 13.9 Å². The van der Waals surface area contributed by atoms with E-state index in [9.17, 15) is 9.36 Å². The first-order valence-corrected chi connectivity index (χ1v) is 5.88. The van der Waals surface area contributed by atoms with Gasteiger partial charge in [-0.15, -0.1) is 0 Å². The number of phosphoric acid groups is 1. The lowest BCUT2D eigenvalue weighted by molar-refractivity contribution is -0.137. The second-order valence-corrected chi connectivity index (χ2v) is 4.15. The molecule has 0 unspecified atom stereocenters. The Bertz CT molecular complexity index is 305. The van der Waals surface area contributed by atoms with E-state index in [0.717, 1.165) is 0 Å². The highest BCUT2D eigenvalue weighted by atomic mass is 31.2. The molecule has 10 nitrogen and oxygen atoms in total. The number of carbonyl (C=O) groups is 1. The first kappa shape index (κ1) is 18.2. The van der Waals surface area contributed by atoms with E-state index in [0.29, 0.717) is 13.0 Å². The Morgan fingerprint density at radius 2 is 2.06 bits per heavy atom. The smallest absolute Gasteiger partial charge is 0.412 e. The average molecular weight is 272 g/mol. The summed E-state index contributed by atoms with van der Waals surface area (Å²) in [6, 6.07) is -1.11. The zero-order valence-corrected chi connectivity index (χ0v) is 9.81. The molecule has 0 aromatic heterocycles. The molecule has 11 heteroatoms. The highest BCUT2D eigenvalue weighted by Crippen LogP contribution is 2.36. The van der Waals surface area contributed by atoms with Crippen LogP contribution in [-0.4, -0.2) is 39.8 Å². The standard InChI is InChI=1S/C6H15N4O5P.H2O/c7-4(2-1-3-10-6(8)9)5(11)15-16(12,13)14;/h4H,1-3,7H2,(H4,8,9,10)(H2,12,13,14);1H2/t4-;/m0./s1. The van der Waals surface area contributed by atoms with Gasteiger partial charge >= 0.3 is 13.8 Å². The molecule has 0 rings (SSSR count). The number of nitrogens with two attached hydrogens (primary N) is 2. The highest BCUT2D eigenvalue weighted by molar-refractivity contribution is 7.46. The lowest BCUT2D eigenvalue weighted by Crippen LogP contribution is -2.34. The highest BCUT2D eigenvalue weighted by Gasteiger charge is 2.24. The van der Waals surface area contributed by atoms with Crippen molar-refractivity contribution in [2.24, 2.45) is 11.5 Å². The molecule has 0 aromatic carbocycles. The van der Waals surface area contributed by atoms with Crippen molar-refractivity contribution in [3.8, 4) is 0 Å². The molecule has 1 atom stereocenters. The largest absolute Gasteiger partial charge is 0.527 e. The number of nitrogens with one attached hydrogen (secondary N) is 2. The third-order valence-electron chi connectivity index (χ3n) is 1.52. The van der Waals surface area contributed by atoms with E-state index in [4.69, 9.17) is 26.7 Å². The zero-order chi connectivity index (χ0) is 12.8. The third kappa shape index (κ3) is 11.1. The number of rotatable bonds is 6. The summed E-state index contributed by atoms with van der Waals surface area (Å²) in [5, 5.41) is 9.31. The molecular weight excluding hydrogens is 255 g/mol. The van der Waals surface area contributed by atoms with Crippen LogP contribution in [0.5, 0.6) is 0 Å². The number of hydrogen-bond acceptors (Lipinski definition) is 5. The molecule has 0 spiro atoms. The van der Waals surface area contributed by atoms with Gasteiger partial charge in [0, 0.05) is 6.54 Å². The van der Waals surface area contributed by atoms with Gasteiger partial charge in [-0.25, -0.2) is 9.36 Å². The fourth-order valence-electron chi connectivity index (χ4n) is 0.848. The van der Waals surface area contributed by atoms with Gasteiger partial charge < -0.3 is 26.8 Å². The van der Waals surface area contributed by atoms with Crippen molar-refractivity contribution >= 4 is 19.8 Å². The summed E-state index contributed by atoms with van der Waals surface area (Å²) in [5.74, 6) is -1.36. The number of hydrogen-bond donors (Lipinski definition) is 6. The maximum atomic E-state index is 11.0. The Morgan fingerprint density at radius 3 is 2.47 bits per heavy atom. The van der Waals surface area contributed by atoms with Crippen LogP contribution in [0.3, 0.4) is 0 Å². The summed E-state index contributed by atoms with van der Waals surface area (Å²) in [7, 11) is -4.83. The van der Waals surface area contributed by atoms with Crippen molar-refractivity contribution in [3.05, 3.63) is 0 Å². The summed E-state index contributed by atoms with van der Waals surface area (Å²) in [6.45, 7) is 0.340. The van der Waals surface area contributed by atoms with Crippen molar-refractivity contribution in [1.82, 2.24) is 5.32 Å². The van der Waals surface area contributed by atoms with Crippen molar-refractivity contribution < 1.29 is 29.1 Å². The van der Waals surface area contributed by atoms with Crippen LogP contribution in [0.1, 0.15) is 12.8 Å². The van der Waals surface area contributed by atoms with Crippen LogP contribution in [0.25, 0.3) is 0 Å². The lowest BCUT2D eigenvalue weighted by Gasteiger charge is -2.11. The number of phosphoric ester groups is 1. The molecule has 0 aliphatic rings. The molecule has 0 radical (unpaired) electrons. The van der Waals surface area contributed by atoms with E-state index in [2.05, 4.69) is 9.84 Å². The minimum atomic E-state index is -4.83. The van der Waals surface area contributed by atoms with E-state index >= 15 is 0 Å². The third-order valence-corrected chi connectivity index (χ3v) is 1.94. The Labute approximate surface area is 97.4 Å². The molecule has 102 valence electrons. The Kier molecular flexibility index (Phi) is 8.54. The lowest BCUT2D eigenvalue weighted by atomic mass is 10.2. The van der Waals surface area contributed by atoms with Crippen LogP contribution in [0.15, 0.2) is 0 Å². The van der Waals surface area contributed by atoms with Crippen LogP contribution in [0, 0.1) is 5.41 Å². The van der Waals surface area contributed by atoms with Gasteiger partial charge in [-0.2, -0.15) is 0 Å². The Balaban J connectivity index is 0. The van der Waals surface area contributed by atoms with Gasteiger partial charge in [0.1, 0.15) is 6.04 Å². The second kappa shape index (κ2) is 7.98. The zero-order valence-electron chi connectivity index (χ0n) is 8.92. The Hall–Kier alpha value is -1.19. The molecule has 0 bridgehead atoms. The summed E-state index contributed by atoms with van der Waals surface area (Å²) in [6.07, 6.45) is 0.579. The van der Waals surface area contributed by atoms with Gasteiger partial charge in [-0.3, -0.25) is 15.2 Å². The van der Waals surface area contributed by atoms with Crippen molar-refractivity contribution in [3.63, 3.8) is 0 Å². The van der Waals surface area contributed by atoms with Crippen LogP contribution < -0.4 is 16.8 Å². The predicted molar refractivity (Wildman–Crippen MR) is 58.9 cm³/mol. The maximum absolute atomic E-state index is 11.0. The van der Waals surface area contributed by atoms with E-state index in [1.54, 1.807) is 0 Å². The van der Waals surface area contributed by atoms with Gasteiger partial charge in [0.25, 0.3) is 0 Å². The molecule has 0 heterocycles. The minimum Gasteiger partial charge on any atom is -0.412 e. The van der Waals surface area contributed by atoms with Gasteiger partial charge in [0.05, 0.1) is 0 Å². The summed E-state index contributed by atoms with van der Waals surface area (Å²) < 4.78 is 14.1. The van der Waals surface area contributed by atoms with Crippen LogP contribution >= 0.6 is 7.82 Å². The molecule has 17 heavy (non-hydrogen) atoms. The molecule has 0 aliphatic carbocycles. The maximum Gasteiger partial charge on any atom is 0.527 e. The molecule has 0 amide bonds.